The fourth-order valence-corrected chi connectivity index (χ4v) is 3.16. The first-order chi connectivity index (χ1) is 9.01. The second-order valence-electron chi connectivity index (χ2n) is 5.75. The van der Waals surface area contributed by atoms with Crippen molar-refractivity contribution in [2.45, 2.75) is 63.6 Å². The van der Waals surface area contributed by atoms with E-state index in [4.69, 9.17) is 4.74 Å². The van der Waals surface area contributed by atoms with Gasteiger partial charge in [-0.3, -0.25) is 9.59 Å². The van der Waals surface area contributed by atoms with E-state index in [1.54, 1.807) is 7.11 Å². The number of nitrogens with zero attached hydrogens (tertiary/aromatic N) is 1. The summed E-state index contributed by atoms with van der Waals surface area (Å²) in [7, 11) is 1.70. The van der Waals surface area contributed by atoms with Crippen molar-refractivity contribution in [2.75, 3.05) is 13.7 Å². The van der Waals surface area contributed by atoms with Crippen molar-refractivity contribution < 1.29 is 14.3 Å². The Morgan fingerprint density at radius 3 is 2.79 bits per heavy atom. The topological polar surface area (TPSA) is 58.6 Å². The summed E-state index contributed by atoms with van der Waals surface area (Å²) in [4.78, 5) is 26.4. The van der Waals surface area contributed by atoms with E-state index >= 15 is 0 Å². The van der Waals surface area contributed by atoms with E-state index in [-0.39, 0.29) is 24.0 Å². The van der Waals surface area contributed by atoms with Crippen LogP contribution in [0.3, 0.4) is 0 Å². The van der Waals surface area contributed by atoms with Crippen LogP contribution in [0, 0.1) is 0 Å². The average molecular weight is 268 g/mol. The highest BCUT2D eigenvalue weighted by molar-refractivity contribution is 5.93. The van der Waals surface area contributed by atoms with Crippen LogP contribution in [0.15, 0.2) is 0 Å². The molecule has 1 heterocycles. The van der Waals surface area contributed by atoms with Gasteiger partial charge < -0.3 is 15.0 Å². The molecular weight excluding hydrogens is 244 g/mol. The Bertz CT molecular complexity index is 372. The normalized spacial score (nSPS) is 36.3. The van der Waals surface area contributed by atoms with Gasteiger partial charge in [-0.25, -0.2) is 0 Å². The van der Waals surface area contributed by atoms with Crippen molar-refractivity contribution in [3.05, 3.63) is 0 Å². The smallest absolute Gasteiger partial charge is 0.248 e. The largest absolute Gasteiger partial charge is 0.379 e. The number of carbonyl (C=O) groups excluding carboxylic acids is 2. The zero-order valence-electron chi connectivity index (χ0n) is 12.1. The minimum Gasteiger partial charge on any atom is -0.379 e. The van der Waals surface area contributed by atoms with E-state index in [9.17, 15) is 9.59 Å². The lowest BCUT2D eigenvalue weighted by molar-refractivity contribution is -0.142. The van der Waals surface area contributed by atoms with Gasteiger partial charge in [-0.2, -0.15) is 0 Å². The fourth-order valence-electron chi connectivity index (χ4n) is 3.16. The third-order valence-electron chi connectivity index (χ3n) is 4.56. The molecule has 0 aromatic carbocycles. The summed E-state index contributed by atoms with van der Waals surface area (Å²) in [6.45, 7) is 4.26. The standard InChI is InChI=1S/C14H24N2O3/c1-4-14(2)13(18)16(9-8-12(17)15-14)10-6-5-7-11(10)19-3/h10-11H,4-9H2,1-3H3,(H,15,17). The van der Waals surface area contributed by atoms with E-state index in [1.165, 1.54) is 0 Å². The first-order valence-corrected chi connectivity index (χ1v) is 7.16. The summed E-state index contributed by atoms with van der Waals surface area (Å²) in [6.07, 6.45) is 4.15. The van der Waals surface area contributed by atoms with E-state index < -0.39 is 5.54 Å². The maximum Gasteiger partial charge on any atom is 0.248 e. The number of methoxy groups -OCH3 is 1. The SMILES string of the molecule is CCC1(C)NC(=O)CCN(C2CCCC2OC)C1=O. The van der Waals surface area contributed by atoms with Gasteiger partial charge in [0.1, 0.15) is 5.54 Å². The highest BCUT2D eigenvalue weighted by Gasteiger charge is 2.44. The second-order valence-corrected chi connectivity index (χ2v) is 5.75. The summed E-state index contributed by atoms with van der Waals surface area (Å²) < 4.78 is 5.50. The zero-order valence-corrected chi connectivity index (χ0v) is 12.1. The molecule has 2 amide bonds. The summed E-state index contributed by atoms with van der Waals surface area (Å²) in [5.41, 5.74) is -0.769. The quantitative estimate of drug-likeness (QED) is 0.833. The van der Waals surface area contributed by atoms with Crippen LogP contribution >= 0.6 is 0 Å². The van der Waals surface area contributed by atoms with Gasteiger partial charge in [-0.05, 0) is 32.6 Å². The molecule has 19 heavy (non-hydrogen) atoms. The number of nitrogens with one attached hydrogen (secondary N) is 1. The number of rotatable bonds is 3. The molecule has 0 spiro atoms. The Kier molecular flexibility index (Phi) is 4.13. The molecule has 1 N–H and O–H groups in total. The molecule has 3 atom stereocenters. The number of hydrogen-bond donors (Lipinski definition) is 1. The first-order valence-electron chi connectivity index (χ1n) is 7.16. The van der Waals surface area contributed by atoms with Gasteiger partial charge >= 0.3 is 0 Å². The van der Waals surface area contributed by atoms with Crippen LogP contribution in [0.4, 0.5) is 0 Å². The Morgan fingerprint density at radius 2 is 2.16 bits per heavy atom. The highest BCUT2D eigenvalue weighted by Crippen LogP contribution is 2.30. The van der Waals surface area contributed by atoms with Crippen molar-refractivity contribution in [3.63, 3.8) is 0 Å². The molecule has 0 aromatic rings. The Balaban J connectivity index is 2.23. The van der Waals surface area contributed by atoms with Crippen molar-refractivity contribution in [1.29, 1.82) is 0 Å². The lowest BCUT2D eigenvalue weighted by Crippen LogP contribution is -2.57. The Morgan fingerprint density at radius 1 is 1.42 bits per heavy atom. The van der Waals surface area contributed by atoms with Crippen molar-refractivity contribution >= 4 is 11.8 Å². The molecule has 5 heteroatoms. The lowest BCUT2D eigenvalue weighted by Gasteiger charge is -2.36. The van der Waals surface area contributed by atoms with Crippen LogP contribution < -0.4 is 5.32 Å². The Labute approximate surface area is 114 Å². The van der Waals surface area contributed by atoms with Crippen LogP contribution in [0.2, 0.25) is 0 Å². The molecule has 108 valence electrons. The number of hydrogen-bond acceptors (Lipinski definition) is 3. The van der Waals surface area contributed by atoms with Crippen LogP contribution in [-0.2, 0) is 14.3 Å². The first kappa shape index (κ1) is 14.3. The van der Waals surface area contributed by atoms with E-state index in [1.807, 2.05) is 18.7 Å². The average Bonchev–Trinajstić information content (AvgIpc) is 2.82. The molecule has 0 radical (unpaired) electrons. The zero-order chi connectivity index (χ0) is 14.0. The fraction of sp³-hybridized carbons (Fsp3) is 0.857. The summed E-state index contributed by atoms with van der Waals surface area (Å²) in [5.74, 6) is 0.00182. The van der Waals surface area contributed by atoms with E-state index in [2.05, 4.69) is 5.32 Å². The van der Waals surface area contributed by atoms with E-state index in [0.29, 0.717) is 19.4 Å². The maximum atomic E-state index is 12.7. The number of ether oxygens (including phenoxy) is 1. The van der Waals surface area contributed by atoms with Gasteiger partial charge in [-0.15, -0.1) is 0 Å². The summed E-state index contributed by atoms with van der Waals surface area (Å²) >= 11 is 0. The molecule has 2 rings (SSSR count). The molecular formula is C14H24N2O3. The molecule has 1 aliphatic heterocycles. The predicted molar refractivity (Wildman–Crippen MR) is 71.6 cm³/mol. The molecule has 1 saturated heterocycles. The third-order valence-corrected chi connectivity index (χ3v) is 4.56. The molecule has 5 nitrogen and oxygen atoms in total. The van der Waals surface area contributed by atoms with Crippen LogP contribution in [0.1, 0.15) is 46.0 Å². The molecule has 1 aliphatic carbocycles. The molecule has 2 aliphatic rings. The Hall–Kier alpha value is -1.10. The van der Waals surface area contributed by atoms with Gasteiger partial charge in [0.05, 0.1) is 12.1 Å². The minimum atomic E-state index is -0.769. The number of amides is 2. The highest BCUT2D eigenvalue weighted by atomic mass is 16.5. The van der Waals surface area contributed by atoms with Crippen molar-refractivity contribution in [2.24, 2.45) is 0 Å². The third kappa shape index (κ3) is 2.61. The van der Waals surface area contributed by atoms with Crippen LogP contribution in [0.25, 0.3) is 0 Å². The number of carbonyl (C=O) groups is 2. The van der Waals surface area contributed by atoms with Crippen LogP contribution in [0.5, 0.6) is 0 Å². The lowest BCUT2D eigenvalue weighted by atomic mass is 9.96. The van der Waals surface area contributed by atoms with Crippen LogP contribution in [-0.4, -0.2) is 48.1 Å². The summed E-state index contributed by atoms with van der Waals surface area (Å²) in [5, 5.41) is 2.87. The molecule has 0 bridgehead atoms. The van der Waals surface area contributed by atoms with Gasteiger partial charge in [0.25, 0.3) is 0 Å². The molecule has 3 unspecified atom stereocenters. The molecule has 0 aromatic heterocycles. The second kappa shape index (κ2) is 5.49. The van der Waals surface area contributed by atoms with Gasteiger partial charge in [0.2, 0.25) is 11.8 Å². The van der Waals surface area contributed by atoms with Gasteiger partial charge in [-0.1, -0.05) is 6.92 Å². The molecule has 1 saturated carbocycles. The minimum absolute atomic E-state index is 0.0350. The van der Waals surface area contributed by atoms with E-state index in [0.717, 1.165) is 19.3 Å². The predicted octanol–water partition coefficient (Wildman–Crippen LogP) is 1.07. The van der Waals surface area contributed by atoms with Gasteiger partial charge in [0.15, 0.2) is 0 Å². The maximum absolute atomic E-state index is 12.7. The van der Waals surface area contributed by atoms with Gasteiger partial charge in [0, 0.05) is 20.1 Å². The summed E-state index contributed by atoms with van der Waals surface area (Å²) in [6, 6.07) is 0.121. The molecule has 2 fully saturated rings. The van der Waals surface area contributed by atoms with Crippen molar-refractivity contribution in [1.82, 2.24) is 10.2 Å². The van der Waals surface area contributed by atoms with Crippen molar-refractivity contribution in [3.8, 4) is 0 Å². The monoisotopic (exact) mass is 268 g/mol.